The molecule has 0 spiro atoms. The number of pyridine rings is 1. The molecule has 0 bridgehead atoms. The van der Waals surface area contributed by atoms with Crippen LogP contribution in [0.5, 0.6) is 0 Å². The van der Waals surface area contributed by atoms with Crippen LogP contribution in [-0.2, 0) is 6.42 Å². The zero-order valence-corrected chi connectivity index (χ0v) is 13.7. The Labute approximate surface area is 130 Å². The van der Waals surface area contributed by atoms with E-state index in [9.17, 15) is 0 Å². The van der Waals surface area contributed by atoms with Crippen molar-refractivity contribution in [3.63, 3.8) is 0 Å². The third kappa shape index (κ3) is 3.02. The molecule has 20 heavy (non-hydrogen) atoms. The fourth-order valence-electron chi connectivity index (χ4n) is 2.30. The predicted octanol–water partition coefficient (Wildman–Crippen LogP) is 5.62. The molecule has 0 unspecified atom stereocenters. The molecule has 0 atom stereocenters. The summed E-state index contributed by atoms with van der Waals surface area (Å²) in [4.78, 5) is 4.68. The van der Waals surface area contributed by atoms with Gasteiger partial charge >= 0.3 is 0 Å². The van der Waals surface area contributed by atoms with Gasteiger partial charge < -0.3 is 5.32 Å². The Morgan fingerprint density at radius 2 is 1.90 bits per heavy atom. The molecule has 1 aromatic heterocycles. The van der Waals surface area contributed by atoms with E-state index in [1.54, 1.807) is 0 Å². The largest absolute Gasteiger partial charge is 0.384 e. The number of hydrogen-bond acceptors (Lipinski definition) is 2. The van der Waals surface area contributed by atoms with Gasteiger partial charge in [-0.2, -0.15) is 0 Å². The standard InChI is InChI=1S/C16H20Cl2N2/c1-4-6-11-9-13(19-7-5-2)14-15(18)10(3)8-12(17)16(14)20-11/h8-9H,4-7H2,1-3H3,(H,19,20). The van der Waals surface area contributed by atoms with Crippen molar-refractivity contribution in [1.29, 1.82) is 0 Å². The van der Waals surface area contributed by atoms with Crippen molar-refractivity contribution < 1.29 is 0 Å². The van der Waals surface area contributed by atoms with Gasteiger partial charge in [0.15, 0.2) is 0 Å². The second-order valence-electron chi connectivity index (χ2n) is 5.05. The van der Waals surface area contributed by atoms with Crippen LogP contribution >= 0.6 is 23.2 Å². The number of fused-ring (bicyclic) bond motifs is 1. The molecule has 0 saturated heterocycles. The first kappa shape index (κ1) is 15.4. The molecule has 0 saturated carbocycles. The minimum absolute atomic E-state index is 0.666. The van der Waals surface area contributed by atoms with Gasteiger partial charge in [0.05, 0.1) is 15.6 Å². The van der Waals surface area contributed by atoms with E-state index in [1.165, 1.54) is 0 Å². The molecule has 1 heterocycles. The van der Waals surface area contributed by atoms with Gasteiger partial charge in [0, 0.05) is 23.3 Å². The molecule has 0 aliphatic rings. The average Bonchev–Trinajstić information content (AvgIpc) is 2.42. The molecule has 1 N–H and O–H groups in total. The number of anilines is 1. The van der Waals surface area contributed by atoms with Crippen LogP contribution in [0.15, 0.2) is 12.1 Å². The fourth-order valence-corrected chi connectivity index (χ4v) is 2.84. The molecule has 0 fully saturated rings. The van der Waals surface area contributed by atoms with Crippen molar-refractivity contribution in [3.05, 3.63) is 33.4 Å². The summed E-state index contributed by atoms with van der Waals surface area (Å²) in [5.41, 5.74) is 3.87. The first-order chi connectivity index (χ1) is 9.58. The van der Waals surface area contributed by atoms with Crippen LogP contribution in [0.4, 0.5) is 5.69 Å². The molecule has 4 heteroatoms. The number of hydrogen-bond donors (Lipinski definition) is 1. The quantitative estimate of drug-likeness (QED) is 0.774. The lowest BCUT2D eigenvalue weighted by atomic mass is 10.1. The van der Waals surface area contributed by atoms with Crippen molar-refractivity contribution in [2.45, 2.75) is 40.0 Å². The number of benzene rings is 1. The van der Waals surface area contributed by atoms with Gasteiger partial charge in [-0.25, -0.2) is 0 Å². The highest BCUT2D eigenvalue weighted by Crippen LogP contribution is 2.37. The Kier molecular flexibility index (Phi) is 5.11. The summed E-state index contributed by atoms with van der Waals surface area (Å²) in [5, 5.41) is 5.78. The third-order valence-electron chi connectivity index (χ3n) is 3.28. The fraction of sp³-hybridized carbons (Fsp3) is 0.438. The van der Waals surface area contributed by atoms with Crippen molar-refractivity contribution in [2.24, 2.45) is 0 Å². The molecule has 0 radical (unpaired) electrons. The molecule has 2 aromatic rings. The number of rotatable bonds is 5. The van der Waals surface area contributed by atoms with E-state index >= 15 is 0 Å². The summed E-state index contributed by atoms with van der Waals surface area (Å²) in [7, 11) is 0. The van der Waals surface area contributed by atoms with Crippen LogP contribution in [-0.4, -0.2) is 11.5 Å². The molecule has 0 amide bonds. The monoisotopic (exact) mass is 310 g/mol. The van der Waals surface area contributed by atoms with E-state index in [2.05, 4.69) is 30.2 Å². The summed E-state index contributed by atoms with van der Waals surface area (Å²) in [5.74, 6) is 0. The lowest BCUT2D eigenvalue weighted by molar-refractivity contribution is 0.888. The van der Waals surface area contributed by atoms with Crippen LogP contribution in [0.1, 0.15) is 37.9 Å². The molecule has 0 aliphatic carbocycles. The minimum Gasteiger partial charge on any atom is -0.384 e. The second-order valence-corrected chi connectivity index (χ2v) is 5.84. The molecule has 2 nitrogen and oxygen atoms in total. The van der Waals surface area contributed by atoms with Crippen molar-refractivity contribution >= 4 is 39.8 Å². The second kappa shape index (κ2) is 6.64. The van der Waals surface area contributed by atoms with Crippen molar-refractivity contribution in [1.82, 2.24) is 4.98 Å². The smallest absolute Gasteiger partial charge is 0.0927 e. The Bertz CT molecular complexity index is 624. The van der Waals surface area contributed by atoms with Crippen molar-refractivity contribution in [2.75, 3.05) is 11.9 Å². The maximum absolute atomic E-state index is 6.47. The zero-order valence-electron chi connectivity index (χ0n) is 12.2. The van der Waals surface area contributed by atoms with Gasteiger partial charge in [0.25, 0.3) is 0 Å². The van der Waals surface area contributed by atoms with Crippen LogP contribution in [0, 0.1) is 6.92 Å². The summed E-state index contributed by atoms with van der Waals surface area (Å²) in [6.07, 6.45) is 3.06. The summed E-state index contributed by atoms with van der Waals surface area (Å²) < 4.78 is 0. The van der Waals surface area contributed by atoms with Gasteiger partial charge in [-0.15, -0.1) is 0 Å². The Hall–Kier alpha value is -0.990. The minimum atomic E-state index is 0.666. The van der Waals surface area contributed by atoms with Crippen molar-refractivity contribution in [3.8, 4) is 0 Å². The number of aromatic nitrogens is 1. The average molecular weight is 311 g/mol. The highest BCUT2D eigenvalue weighted by Gasteiger charge is 2.14. The number of nitrogens with zero attached hydrogens (tertiary/aromatic N) is 1. The lowest BCUT2D eigenvalue weighted by Crippen LogP contribution is -2.03. The normalized spacial score (nSPS) is 11.1. The Balaban J connectivity index is 2.70. The van der Waals surface area contributed by atoms with Gasteiger partial charge in [-0.1, -0.05) is 43.5 Å². The van der Waals surface area contributed by atoms with Gasteiger partial charge in [-0.05, 0) is 37.5 Å². The van der Waals surface area contributed by atoms with Crippen LogP contribution in [0.3, 0.4) is 0 Å². The molecular weight excluding hydrogens is 291 g/mol. The molecule has 1 aromatic carbocycles. The third-order valence-corrected chi connectivity index (χ3v) is 4.05. The SMILES string of the molecule is CCCNc1cc(CCC)nc2c(Cl)cc(C)c(Cl)c12. The summed E-state index contributed by atoms with van der Waals surface area (Å²) >= 11 is 12.8. The van der Waals surface area contributed by atoms with Gasteiger partial charge in [0.2, 0.25) is 0 Å². The topological polar surface area (TPSA) is 24.9 Å². The number of aryl methyl sites for hydroxylation is 2. The van der Waals surface area contributed by atoms with Crippen LogP contribution in [0.25, 0.3) is 10.9 Å². The maximum Gasteiger partial charge on any atom is 0.0927 e. The predicted molar refractivity (Wildman–Crippen MR) is 89.3 cm³/mol. The molecule has 108 valence electrons. The highest BCUT2D eigenvalue weighted by atomic mass is 35.5. The molecule has 0 aliphatic heterocycles. The van der Waals surface area contributed by atoms with E-state index in [0.717, 1.165) is 58.7 Å². The Morgan fingerprint density at radius 1 is 1.15 bits per heavy atom. The maximum atomic E-state index is 6.47. The van der Waals surface area contributed by atoms with E-state index in [1.807, 2.05) is 13.0 Å². The zero-order chi connectivity index (χ0) is 14.7. The summed E-state index contributed by atoms with van der Waals surface area (Å²) in [6, 6.07) is 3.99. The first-order valence-electron chi connectivity index (χ1n) is 7.10. The highest BCUT2D eigenvalue weighted by molar-refractivity contribution is 6.41. The molecular formula is C16H20Cl2N2. The van der Waals surface area contributed by atoms with E-state index in [4.69, 9.17) is 23.2 Å². The first-order valence-corrected chi connectivity index (χ1v) is 7.86. The number of halogens is 2. The summed E-state index contributed by atoms with van der Waals surface area (Å²) in [6.45, 7) is 7.17. The molecule has 2 rings (SSSR count). The van der Waals surface area contributed by atoms with Gasteiger partial charge in [0.1, 0.15) is 0 Å². The van der Waals surface area contributed by atoms with Crippen LogP contribution < -0.4 is 5.32 Å². The van der Waals surface area contributed by atoms with Gasteiger partial charge in [-0.3, -0.25) is 4.98 Å². The van der Waals surface area contributed by atoms with E-state index in [0.29, 0.717) is 5.02 Å². The van der Waals surface area contributed by atoms with E-state index < -0.39 is 0 Å². The lowest BCUT2D eigenvalue weighted by Gasteiger charge is -2.14. The van der Waals surface area contributed by atoms with E-state index in [-0.39, 0.29) is 0 Å². The Morgan fingerprint density at radius 3 is 2.55 bits per heavy atom. The number of nitrogens with one attached hydrogen (secondary N) is 1. The van der Waals surface area contributed by atoms with Crippen LogP contribution in [0.2, 0.25) is 10.0 Å².